The molecule has 1 N–H and O–H groups in total. The first kappa shape index (κ1) is 17.0. The van der Waals surface area contributed by atoms with Gasteiger partial charge in [-0.15, -0.1) is 0 Å². The Balaban J connectivity index is 2.50. The molecule has 1 rings (SSSR count). The maximum absolute atomic E-state index is 11.9. The fourth-order valence-corrected chi connectivity index (χ4v) is 2.10. The van der Waals surface area contributed by atoms with E-state index in [9.17, 15) is 4.79 Å². The Labute approximate surface area is 129 Å². The quantitative estimate of drug-likeness (QED) is 0.699. The van der Waals surface area contributed by atoms with Crippen LogP contribution in [0.4, 0.5) is 0 Å². The molecular formula is C15H22BrNO3. The van der Waals surface area contributed by atoms with E-state index in [-0.39, 0.29) is 5.91 Å². The second-order valence-electron chi connectivity index (χ2n) is 4.45. The van der Waals surface area contributed by atoms with Crippen molar-refractivity contribution in [1.29, 1.82) is 0 Å². The van der Waals surface area contributed by atoms with Gasteiger partial charge in [0.2, 0.25) is 0 Å². The zero-order chi connectivity index (χ0) is 14.8. The number of carbonyl (C=O) groups excluding carboxylic acids is 1. The first-order valence-corrected chi connectivity index (χ1v) is 7.67. The number of carbonyl (C=O) groups is 1. The van der Waals surface area contributed by atoms with Gasteiger partial charge in [0.15, 0.2) is 0 Å². The van der Waals surface area contributed by atoms with Gasteiger partial charge in [0, 0.05) is 25.8 Å². The van der Waals surface area contributed by atoms with E-state index in [0.29, 0.717) is 25.3 Å². The highest BCUT2D eigenvalue weighted by atomic mass is 79.9. The Morgan fingerprint density at radius 2 is 2.10 bits per heavy atom. The molecule has 0 heterocycles. The summed E-state index contributed by atoms with van der Waals surface area (Å²) in [5.74, 6) is 0.691. The summed E-state index contributed by atoms with van der Waals surface area (Å²) in [6.07, 6.45) is 2.93. The summed E-state index contributed by atoms with van der Waals surface area (Å²) in [5.41, 5.74) is 0.622. The highest BCUT2D eigenvalue weighted by Crippen LogP contribution is 2.26. The maximum Gasteiger partial charge on any atom is 0.251 e. The third-order valence-corrected chi connectivity index (χ3v) is 3.38. The SMILES string of the molecule is CCCCOc1ccc(C(=O)NCCCOC)cc1Br. The highest BCUT2D eigenvalue weighted by molar-refractivity contribution is 9.10. The van der Waals surface area contributed by atoms with Crippen molar-refractivity contribution in [1.82, 2.24) is 5.32 Å². The van der Waals surface area contributed by atoms with E-state index in [4.69, 9.17) is 9.47 Å². The van der Waals surface area contributed by atoms with Crippen molar-refractivity contribution in [2.24, 2.45) is 0 Å². The number of hydrogen-bond acceptors (Lipinski definition) is 3. The number of amides is 1. The Morgan fingerprint density at radius 3 is 2.75 bits per heavy atom. The molecule has 5 heteroatoms. The van der Waals surface area contributed by atoms with E-state index < -0.39 is 0 Å². The molecule has 0 fully saturated rings. The van der Waals surface area contributed by atoms with Crippen LogP contribution in [-0.4, -0.2) is 32.8 Å². The number of unbranched alkanes of at least 4 members (excludes halogenated alkanes) is 1. The lowest BCUT2D eigenvalue weighted by atomic mass is 10.2. The number of hydrogen-bond donors (Lipinski definition) is 1. The van der Waals surface area contributed by atoms with E-state index in [1.165, 1.54) is 0 Å². The molecule has 0 bridgehead atoms. The van der Waals surface area contributed by atoms with Crippen LogP contribution in [0.15, 0.2) is 22.7 Å². The van der Waals surface area contributed by atoms with Crippen LogP contribution in [0.1, 0.15) is 36.5 Å². The van der Waals surface area contributed by atoms with Crippen LogP contribution in [0, 0.1) is 0 Å². The minimum atomic E-state index is -0.0816. The van der Waals surface area contributed by atoms with Gasteiger partial charge in [-0.3, -0.25) is 4.79 Å². The monoisotopic (exact) mass is 343 g/mol. The molecule has 20 heavy (non-hydrogen) atoms. The molecule has 0 atom stereocenters. The van der Waals surface area contributed by atoms with Crippen molar-refractivity contribution in [3.8, 4) is 5.75 Å². The van der Waals surface area contributed by atoms with Gasteiger partial charge in [0.25, 0.3) is 5.91 Å². The van der Waals surface area contributed by atoms with E-state index in [2.05, 4.69) is 28.2 Å². The minimum absolute atomic E-state index is 0.0816. The lowest BCUT2D eigenvalue weighted by Gasteiger charge is -2.10. The van der Waals surface area contributed by atoms with Crippen molar-refractivity contribution in [2.45, 2.75) is 26.2 Å². The number of rotatable bonds is 9. The van der Waals surface area contributed by atoms with Crippen LogP contribution in [0.25, 0.3) is 0 Å². The molecule has 1 aromatic carbocycles. The van der Waals surface area contributed by atoms with Crippen LogP contribution < -0.4 is 10.1 Å². The molecule has 0 saturated heterocycles. The summed E-state index contributed by atoms with van der Waals surface area (Å²) >= 11 is 3.44. The summed E-state index contributed by atoms with van der Waals surface area (Å²) in [4.78, 5) is 11.9. The zero-order valence-electron chi connectivity index (χ0n) is 12.1. The molecule has 0 aliphatic heterocycles. The molecule has 4 nitrogen and oxygen atoms in total. The molecule has 112 valence electrons. The molecule has 0 unspecified atom stereocenters. The average molecular weight is 344 g/mol. The van der Waals surface area contributed by atoms with Gasteiger partial charge < -0.3 is 14.8 Å². The average Bonchev–Trinajstić information content (AvgIpc) is 2.45. The Hall–Kier alpha value is -1.07. The minimum Gasteiger partial charge on any atom is -0.492 e. The topological polar surface area (TPSA) is 47.6 Å². The van der Waals surface area contributed by atoms with Gasteiger partial charge in [-0.25, -0.2) is 0 Å². The summed E-state index contributed by atoms with van der Waals surface area (Å²) < 4.78 is 11.4. The van der Waals surface area contributed by atoms with Gasteiger partial charge in [-0.2, -0.15) is 0 Å². The molecule has 0 aliphatic carbocycles. The predicted molar refractivity (Wildman–Crippen MR) is 83.4 cm³/mol. The number of halogens is 1. The first-order chi connectivity index (χ1) is 9.69. The van der Waals surface area contributed by atoms with Crippen molar-refractivity contribution in [3.63, 3.8) is 0 Å². The van der Waals surface area contributed by atoms with E-state index in [0.717, 1.165) is 29.5 Å². The summed E-state index contributed by atoms with van der Waals surface area (Å²) in [5, 5.41) is 2.85. The molecule has 1 aromatic rings. The zero-order valence-corrected chi connectivity index (χ0v) is 13.7. The van der Waals surface area contributed by atoms with Crippen LogP contribution >= 0.6 is 15.9 Å². The lowest BCUT2D eigenvalue weighted by Crippen LogP contribution is -2.25. The van der Waals surface area contributed by atoms with Crippen LogP contribution in [0.2, 0.25) is 0 Å². The molecule has 0 saturated carbocycles. The van der Waals surface area contributed by atoms with Gasteiger partial charge >= 0.3 is 0 Å². The summed E-state index contributed by atoms with van der Waals surface area (Å²) in [6, 6.07) is 5.38. The van der Waals surface area contributed by atoms with Crippen LogP contribution in [-0.2, 0) is 4.74 Å². The fraction of sp³-hybridized carbons (Fsp3) is 0.533. The number of ether oxygens (including phenoxy) is 2. The van der Waals surface area contributed by atoms with Crippen molar-refractivity contribution < 1.29 is 14.3 Å². The Morgan fingerprint density at radius 1 is 1.30 bits per heavy atom. The molecule has 0 spiro atoms. The van der Waals surface area contributed by atoms with E-state index >= 15 is 0 Å². The number of nitrogens with one attached hydrogen (secondary N) is 1. The Kier molecular flexibility index (Phi) is 8.30. The molecular weight excluding hydrogens is 322 g/mol. The third kappa shape index (κ3) is 5.92. The third-order valence-electron chi connectivity index (χ3n) is 2.76. The number of benzene rings is 1. The van der Waals surface area contributed by atoms with Crippen molar-refractivity contribution in [3.05, 3.63) is 28.2 Å². The standard InChI is InChI=1S/C15H22BrNO3/c1-3-4-10-20-14-7-6-12(11-13(14)16)15(18)17-8-5-9-19-2/h6-7,11H,3-5,8-10H2,1-2H3,(H,17,18). The smallest absolute Gasteiger partial charge is 0.251 e. The van der Waals surface area contributed by atoms with E-state index in [1.54, 1.807) is 19.2 Å². The van der Waals surface area contributed by atoms with Gasteiger partial charge in [0.05, 0.1) is 11.1 Å². The largest absolute Gasteiger partial charge is 0.492 e. The summed E-state index contributed by atoms with van der Waals surface area (Å²) in [6.45, 7) is 4.07. The van der Waals surface area contributed by atoms with E-state index in [1.807, 2.05) is 6.07 Å². The molecule has 0 aliphatic rings. The maximum atomic E-state index is 11.9. The molecule has 0 aromatic heterocycles. The first-order valence-electron chi connectivity index (χ1n) is 6.88. The number of methoxy groups -OCH3 is 1. The predicted octanol–water partition coefficient (Wildman–Crippen LogP) is 3.39. The second kappa shape index (κ2) is 9.77. The second-order valence-corrected chi connectivity index (χ2v) is 5.30. The van der Waals surface area contributed by atoms with Gasteiger partial charge in [0.1, 0.15) is 5.75 Å². The highest BCUT2D eigenvalue weighted by Gasteiger charge is 2.08. The van der Waals surface area contributed by atoms with Gasteiger partial charge in [-0.05, 0) is 47.0 Å². The van der Waals surface area contributed by atoms with Gasteiger partial charge in [-0.1, -0.05) is 13.3 Å². The molecule has 0 radical (unpaired) electrons. The Bertz CT molecular complexity index is 424. The van der Waals surface area contributed by atoms with Crippen LogP contribution in [0.3, 0.4) is 0 Å². The van der Waals surface area contributed by atoms with Crippen LogP contribution in [0.5, 0.6) is 5.75 Å². The van der Waals surface area contributed by atoms with Crippen molar-refractivity contribution in [2.75, 3.05) is 26.9 Å². The summed E-state index contributed by atoms with van der Waals surface area (Å²) in [7, 11) is 1.65. The molecule has 1 amide bonds. The normalized spacial score (nSPS) is 10.3. The van der Waals surface area contributed by atoms with Crippen molar-refractivity contribution >= 4 is 21.8 Å². The fourth-order valence-electron chi connectivity index (χ4n) is 1.61. The lowest BCUT2D eigenvalue weighted by molar-refractivity contribution is 0.0948.